The molecule has 3 aromatic carbocycles. The Kier molecular flexibility index (Phi) is 5.91. The number of hydrogen-bond donors (Lipinski definition) is 0. The zero-order valence-corrected chi connectivity index (χ0v) is 17.5. The zero-order chi connectivity index (χ0) is 25.7. The van der Waals surface area contributed by atoms with Gasteiger partial charge in [-0.2, -0.15) is 0 Å². The van der Waals surface area contributed by atoms with Gasteiger partial charge in [0, 0.05) is 10.8 Å². The fraction of sp³-hybridized carbons (Fsp3) is 0. The highest BCUT2D eigenvalue weighted by Crippen LogP contribution is 2.53. The number of pyridine rings is 1. The summed E-state index contributed by atoms with van der Waals surface area (Å²) in [5.74, 6) is -2.50. The highest BCUT2D eigenvalue weighted by atomic mass is 16.5. The van der Waals surface area contributed by atoms with E-state index in [9.17, 15) is 15.8 Å². The van der Waals surface area contributed by atoms with Gasteiger partial charge < -0.3 is 28.4 Å². The molecule has 13 heteroatoms. The van der Waals surface area contributed by atoms with Crippen molar-refractivity contribution < 1.29 is 28.4 Å². The van der Waals surface area contributed by atoms with Gasteiger partial charge in [0.15, 0.2) is 11.5 Å². The van der Waals surface area contributed by atoms with Crippen molar-refractivity contribution in [2.45, 2.75) is 0 Å². The second kappa shape index (κ2) is 9.45. The van der Waals surface area contributed by atoms with E-state index in [1.807, 2.05) is 0 Å². The average Bonchev–Trinajstić information content (AvgIpc) is 2.88. The lowest BCUT2D eigenvalue weighted by Crippen LogP contribution is -2.01. The first-order valence-electron chi connectivity index (χ1n) is 9.39. The molecule has 0 saturated carbocycles. The van der Waals surface area contributed by atoms with Crippen LogP contribution >= 0.6 is 0 Å². The SMILES string of the molecule is N#COc1cc2c3ccccc3c3nc(OC#N)c(OC#N)c(OC#N)c3c2c(OC#N)c1OC#N. The quantitative estimate of drug-likeness (QED) is 0.288. The van der Waals surface area contributed by atoms with Crippen LogP contribution in [0.25, 0.3) is 32.4 Å². The third kappa shape index (κ3) is 3.43. The van der Waals surface area contributed by atoms with E-state index in [1.54, 1.807) is 24.3 Å². The molecule has 0 N–H and O–H groups in total. The third-order valence-corrected chi connectivity index (χ3v) is 4.89. The van der Waals surface area contributed by atoms with Crippen molar-refractivity contribution in [1.29, 1.82) is 31.6 Å². The number of aromatic nitrogens is 1. The molecule has 1 heterocycles. The van der Waals surface area contributed by atoms with Crippen molar-refractivity contribution in [3.8, 4) is 72.2 Å². The Morgan fingerprint density at radius 3 is 1.67 bits per heavy atom. The third-order valence-electron chi connectivity index (χ3n) is 4.89. The van der Waals surface area contributed by atoms with E-state index in [-0.39, 0.29) is 27.8 Å². The van der Waals surface area contributed by atoms with Crippen LogP contribution in [0.2, 0.25) is 0 Å². The summed E-state index contributed by atoms with van der Waals surface area (Å²) in [4.78, 5) is 4.30. The molecule has 0 radical (unpaired) electrons. The van der Waals surface area contributed by atoms with Crippen molar-refractivity contribution in [2.24, 2.45) is 0 Å². The van der Waals surface area contributed by atoms with Crippen LogP contribution in [0.15, 0.2) is 30.3 Å². The highest BCUT2D eigenvalue weighted by Gasteiger charge is 2.29. The van der Waals surface area contributed by atoms with Gasteiger partial charge in [0.25, 0.3) is 43.4 Å². The van der Waals surface area contributed by atoms with Gasteiger partial charge in [-0.3, -0.25) is 0 Å². The Labute approximate surface area is 200 Å². The lowest BCUT2D eigenvalue weighted by Gasteiger charge is -2.17. The van der Waals surface area contributed by atoms with Gasteiger partial charge in [0.05, 0.1) is 10.9 Å². The van der Waals surface area contributed by atoms with Gasteiger partial charge in [-0.1, -0.05) is 24.3 Å². The topological polar surface area (TPSA) is 211 Å². The molecule has 4 rings (SSSR count). The molecule has 4 aromatic rings. The number of benzene rings is 3. The van der Waals surface area contributed by atoms with Crippen molar-refractivity contribution >= 4 is 32.4 Å². The van der Waals surface area contributed by atoms with E-state index in [1.165, 1.54) is 43.6 Å². The number of nitrogens with zero attached hydrogens (tertiary/aromatic N) is 7. The molecule has 0 aliphatic carbocycles. The molecule has 0 unspecified atom stereocenters. The van der Waals surface area contributed by atoms with E-state index in [2.05, 4.69) is 4.98 Å². The Morgan fingerprint density at radius 2 is 1.06 bits per heavy atom. The fourth-order valence-electron chi connectivity index (χ4n) is 3.76. The summed E-state index contributed by atoms with van der Waals surface area (Å²) >= 11 is 0. The second-order valence-electron chi connectivity index (χ2n) is 6.46. The molecule has 0 aliphatic heterocycles. The molecule has 13 nitrogen and oxygen atoms in total. The first-order valence-corrected chi connectivity index (χ1v) is 9.39. The normalized spacial score (nSPS) is 9.50. The monoisotopic (exact) mass is 475 g/mol. The molecule has 1 aromatic heterocycles. The predicted octanol–water partition coefficient (Wildman–Crippen LogP) is 3.70. The highest BCUT2D eigenvalue weighted by molar-refractivity contribution is 6.28. The van der Waals surface area contributed by atoms with Crippen LogP contribution in [0.4, 0.5) is 0 Å². The van der Waals surface area contributed by atoms with Crippen LogP contribution in [0.3, 0.4) is 0 Å². The maximum absolute atomic E-state index is 9.36. The van der Waals surface area contributed by atoms with Crippen molar-refractivity contribution in [3.63, 3.8) is 0 Å². The van der Waals surface area contributed by atoms with E-state index >= 15 is 0 Å². The maximum Gasteiger partial charge on any atom is 0.294 e. The van der Waals surface area contributed by atoms with E-state index in [0.717, 1.165) is 0 Å². The number of hydrogen-bond acceptors (Lipinski definition) is 13. The largest absolute Gasteiger partial charge is 0.384 e. The van der Waals surface area contributed by atoms with E-state index in [0.29, 0.717) is 16.2 Å². The van der Waals surface area contributed by atoms with Gasteiger partial charge in [-0.15, -0.1) is 31.6 Å². The number of fused-ring (bicyclic) bond motifs is 6. The van der Waals surface area contributed by atoms with Gasteiger partial charge in [-0.05, 0) is 16.8 Å². The lowest BCUT2D eigenvalue weighted by atomic mass is 9.95. The summed E-state index contributed by atoms with van der Waals surface area (Å²) in [6, 6.07) is 8.03. The molecule has 0 atom stereocenters. The molecular weight excluding hydrogens is 470 g/mol. The summed E-state index contributed by atoms with van der Waals surface area (Å²) in [5.41, 5.74) is 0.0820. The van der Waals surface area contributed by atoms with Crippen LogP contribution in [-0.2, 0) is 0 Å². The van der Waals surface area contributed by atoms with Crippen LogP contribution in [0, 0.1) is 69.1 Å². The molecule has 0 bridgehead atoms. The van der Waals surface area contributed by atoms with Crippen LogP contribution in [0.5, 0.6) is 34.6 Å². The predicted molar refractivity (Wildman–Crippen MR) is 114 cm³/mol. The standard InChI is InChI=1S/C23H5N7O6/c24-6-31-15-5-14-12-3-1-2-4-13(12)18-17(16(14)20(33-8-26)19(15)32-7-25)21(34-9-27)22(35-10-28)23(30-18)36-11-29/h1-5H. The van der Waals surface area contributed by atoms with Crippen molar-refractivity contribution in [1.82, 2.24) is 4.98 Å². The van der Waals surface area contributed by atoms with Crippen molar-refractivity contribution in [3.05, 3.63) is 30.3 Å². The molecule has 0 saturated heterocycles. The van der Waals surface area contributed by atoms with E-state index < -0.39 is 23.1 Å². The Balaban J connectivity index is 2.44. The lowest BCUT2D eigenvalue weighted by molar-refractivity contribution is 0.401. The molecule has 0 aliphatic rings. The summed E-state index contributed by atoms with van der Waals surface area (Å²) < 4.78 is 30.0. The first-order chi connectivity index (χ1) is 17.6. The molecule has 0 spiro atoms. The number of ether oxygens (including phenoxy) is 6. The minimum absolute atomic E-state index is 0.0184. The Hall–Kier alpha value is -6.67. The smallest absolute Gasteiger partial charge is 0.294 e. The summed E-state index contributed by atoms with van der Waals surface area (Å²) in [7, 11) is 0. The average molecular weight is 475 g/mol. The van der Waals surface area contributed by atoms with Crippen LogP contribution < -0.4 is 28.4 Å². The second-order valence-corrected chi connectivity index (χ2v) is 6.46. The van der Waals surface area contributed by atoms with Crippen LogP contribution in [-0.4, -0.2) is 4.98 Å². The first kappa shape index (κ1) is 22.5. The minimum Gasteiger partial charge on any atom is -0.384 e. The number of nitriles is 6. The minimum atomic E-state index is -0.521. The van der Waals surface area contributed by atoms with Crippen LogP contribution in [0.1, 0.15) is 0 Å². The van der Waals surface area contributed by atoms with Crippen molar-refractivity contribution in [2.75, 3.05) is 0 Å². The summed E-state index contributed by atoms with van der Waals surface area (Å²) in [5, 5.41) is 56.5. The zero-order valence-electron chi connectivity index (χ0n) is 17.5. The molecule has 0 fully saturated rings. The van der Waals surface area contributed by atoms with E-state index in [4.69, 9.17) is 44.2 Å². The number of rotatable bonds is 6. The van der Waals surface area contributed by atoms with Gasteiger partial charge in [0.2, 0.25) is 17.2 Å². The molecule has 168 valence electrons. The Morgan fingerprint density at radius 1 is 0.528 bits per heavy atom. The van der Waals surface area contributed by atoms with Gasteiger partial charge >= 0.3 is 0 Å². The summed E-state index contributed by atoms with van der Waals surface area (Å²) in [6.45, 7) is 0. The fourth-order valence-corrected chi connectivity index (χ4v) is 3.76. The molecule has 0 amide bonds. The Bertz CT molecular complexity index is 1690. The maximum atomic E-state index is 9.36. The molecular formula is C23H5N7O6. The van der Waals surface area contributed by atoms with Gasteiger partial charge in [-0.25, -0.2) is 4.98 Å². The molecule has 36 heavy (non-hydrogen) atoms. The van der Waals surface area contributed by atoms with Gasteiger partial charge in [0.1, 0.15) is 0 Å². The summed E-state index contributed by atoms with van der Waals surface area (Å²) in [6.07, 6.45) is 8.66.